The number of carbonyl (C=O) groups excluding carboxylic acids is 2. The van der Waals surface area contributed by atoms with E-state index < -0.39 is 6.04 Å². The van der Waals surface area contributed by atoms with Gasteiger partial charge in [0.05, 0.1) is 0 Å². The lowest BCUT2D eigenvalue weighted by Crippen LogP contribution is -2.51. The molecule has 22 heavy (non-hydrogen) atoms. The Kier molecular flexibility index (Phi) is 5.41. The first-order valence-electron chi connectivity index (χ1n) is 7.79. The standard InChI is InChI=1S/C17H25N3O2/c1-12(16(21)20(2)3)18-17(22)19-15(14-9-10-14)11-13-7-5-4-6-8-13/h4-8,12,14-15H,9-11H2,1-3H3,(H2,18,19,22). The van der Waals surface area contributed by atoms with Gasteiger partial charge in [-0.2, -0.15) is 0 Å². The van der Waals surface area contributed by atoms with Crippen molar-refractivity contribution < 1.29 is 9.59 Å². The molecule has 0 aliphatic heterocycles. The summed E-state index contributed by atoms with van der Waals surface area (Å²) in [6.07, 6.45) is 3.14. The Hall–Kier alpha value is -2.04. The fourth-order valence-corrected chi connectivity index (χ4v) is 2.56. The number of amides is 3. The molecule has 0 saturated heterocycles. The molecule has 2 N–H and O–H groups in total. The number of carbonyl (C=O) groups is 2. The number of nitrogens with one attached hydrogen (secondary N) is 2. The van der Waals surface area contributed by atoms with E-state index in [1.54, 1.807) is 21.0 Å². The molecule has 1 aromatic rings. The molecule has 2 atom stereocenters. The quantitative estimate of drug-likeness (QED) is 0.841. The molecule has 0 heterocycles. The van der Waals surface area contributed by atoms with Crippen molar-refractivity contribution >= 4 is 11.9 Å². The summed E-state index contributed by atoms with van der Waals surface area (Å²) in [6, 6.07) is 9.50. The Morgan fingerprint density at radius 1 is 1.18 bits per heavy atom. The average molecular weight is 303 g/mol. The van der Waals surface area contributed by atoms with Crippen LogP contribution in [0.15, 0.2) is 30.3 Å². The van der Waals surface area contributed by atoms with Crippen LogP contribution in [0.4, 0.5) is 4.79 Å². The van der Waals surface area contributed by atoms with Gasteiger partial charge in [0.1, 0.15) is 6.04 Å². The van der Waals surface area contributed by atoms with Crippen molar-refractivity contribution in [3.05, 3.63) is 35.9 Å². The largest absolute Gasteiger partial charge is 0.347 e. The summed E-state index contributed by atoms with van der Waals surface area (Å²) >= 11 is 0. The van der Waals surface area contributed by atoms with E-state index in [0.717, 1.165) is 19.3 Å². The van der Waals surface area contributed by atoms with E-state index in [1.165, 1.54) is 10.5 Å². The second-order valence-electron chi connectivity index (χ2n) is 6.21. The lowest BCUT2D eigenvalue weighted by molar-refractivity contribution is -0.130. The first-order chi connectivity index (χ1) is 10.5. The molecule has 2 rings (SSSR count). The van der Waals surface area contributed by atoms with Crippen LogP contribution in [0, 0.1) is 5.92 Å². The highest BCUT2D eigenvalue weighted by Gasteiger charge is 2.32. The van der Waals surface area contributed by atoms with Crippen molar-refractivity contribution in [1.82, 2.24) is 15.5 Å². The van der Waals surface area contributed by atoms with Crippen LogP contribution >= 0.6 is 0 Å². The maximum Gasteiger partial charge on any atom is 0.315 e. The summed E-state index contributed by atoms with van der Waals surface area (Å²) in [4.78, 5) is 25.4. The first kappa shape index (κ1) is 16.3. The van der Waals surface area contributed by atoms with E-state index >= 15 is 0 Å². The third kappa shape index (κ3) is 4.76. The molecule has 2 unspecified atom stereocenters. The summed E-state index contributed by atoms with van der Waals surface area (Å²) in [7, 11) is 3.36. The van der Waals surface area contributed by atoms with Gasteiger partial charge in [-0.3, -0.25) is 4.79 Å². The van der Waals surface area contributed by atoms with E-state index in [-0.39, 0.29) is 18.0 Å². The van der Waals surface area contributed by atoms with Crippen LogP contribution in [0.5, 0.6) is 0 Å². The molecule has 0 radical (unpaired) electrons. The fourth-order valence-electron chi connectivity index (χ4n) is 2.56. The van der Waals surface area contributed by atoms with E-state index in [1.807, 2.05) is 18.2 Å². The molecule has 5 heteroatoms. The highest BCUT2D eigenvalue weighted by Crippen LogP contribution is 2.34. The minimum absolute atomic E-state index is 0.110. The number of nitrogens with zero attached hydrogens (tertiary/aromatic N) is 1. The van der Waals surface area contributed by atoms with Gasteiger partial charge in [-0.25, -0.2) is 4.79 Å². The van der Waals surface area contributed by atoms with Crippen LogP contribution in [-0.4, -0.2) is 43.0 Å². The summed E-state index contributed by atoms with van der Waals surface area (Å²) in [5.41, 5.74) is 1.22. The first-order valence-corrected chi connectivity index (χ1v) is 7.79. The smallest absolute Gasteiger partial charge is 0.315 e. The van der Waals surface area contributed by atoms with Crippen molar-refractivity contribution in [3.63, 3.8) is 0 Å². The Labute approximate surface area is 132 Å². The number of likely N-dealkylation sites (N-methyl/N-ethyl adjacent to an activating group) is 1. The second-order valence-corrected chi connectivity index (χ2v) is 6.21. The Balaban J connectivity index is 1.88. The normalized spacial score (nSPS) is 16.5. The molecule has 0 spiro atoms. The topological polar surface area (TPSA) is 61.4 Å². The predicted molar refractivity (Wildman–Crippen MR) is 86.5 cm³/mol. The lowest BCUT2D eigenvalue weighted by atomic mass is 10.0. The van der Waals surface area contributed by atoms with Gasteiger partial charge < -0.3 is 15.5 Å². The average Bonchev–Trinajstić information content (AvgIpc) is 3.31. The minimum atomic E-state index is -0.522. The van der Waals surface area contributed by atoms with E-state index in [2.05, 4.69) is 22.8 Å². The van der Waals surface area contributed by atoms with Crippen LogP contribution in [0.3, 0.4) is 0 Å². The Bertz CT molecular complexity index is 512. The molecule has 120 valence electrons. The van der Waals surface area contributed by atoms with Gasteiger partial charge in [-0.05, 0) is 37.7 Å². The van der Waals surface area contributed by atoms with Crippen LogP contribution in [0.2, 0.25) is 0 Å². The molecule has 1 fully saturated rings. The molecular formula is C17H25N3O2. The zero-order valence-electron chi connectivity index (χ0n) is 13.5. The predicted octanol–water partition coefficient (Wildman–Crippen LogP) is 1.78. The molecule has 0 bridgehead atoms. The lowest BCUT2D eigenvalue weighted by Gasteiger charge is -2.22. The van der Waals surface area contributed by atoms with Crippen LogP contribution < -0.4 is 10.6 Å². The summed E-state index contributed by atoms with van der Waals surface area (Å²) in [5.74, 6) is 0.437. The van der Waals surface area contributed by atoms with Gasteiger partial charge in [-0.15, -0.1) is 0 Å². The number of benzene rings is 1. The molecular weight excluding hydrogens is 278 g/mol. The highest BCUT2D eigenvalue weighted by molar-refractivity contribution is 5.86. The number of hydrogen-bond donors (Lipinski definition) is 2. The zero-order chi connectivity index (χ0) is 16.1. The summed E-state index contributed by atoms with van der Waals surface area (Å²) < 4.78 is 0. The van der Waals surface area contributed by atoms with Gasteiger partial charge in [0.2, 0.25) is 5.91 Å². The molecule has 1 aliphatic carbocycles. The van der Waals surface area contributed by atoms with Gasteiger partial charge >= 0.3 is 6.03 Å². The Morgan fingerprint density at radius 2 is 1.82 bits per heavy atom. The SMILES string of the molecule is CC(NC(=O)NC(Cc1ccccc1)C1CC1)C(=O)N(C)C. The van der Waals surface area contributed by atoms with Crippen molar-refractivity contribution in [3.8, 4) is 0 Å². The zero-order valence-corrected chi connectivity index (χ0v) is 13.5. The molecule has 3 amide bonds. The van der Waals surface area contributed by atoms with Crippen molar-refractivity contribution in [2.24, 2.45) is 5.92 Å². The number of rotatable bonds is 6. The minimum Gasteiger partial charge on any atom is -0.347 e. The van der Waals surface area contributed by atoms with Crippen molar-refractivity contribution in [2.75, 3.05) is 14.1 Å². The van der Waals surface area contributed by atoms with Crippen LogP contribution in [0.1, 0.15) is 25.3 Å². The second kappa shape index (κ2) is 7.29. The fraction of sp³-hybridized carbons (Fsp3) is 0.529. The van der Waals surface area contributed by atoms with E-state index in [9.17, 15) is 9.59 Å². The van der Waals surface area contributed by atoms with E-state index in [4.69, 9.17) is 0 Å². The third-order valence-electron chi connectivity index (χ3n) is 3.96. The molecule has 1 saturated carbocycles. The summed E-state index contributed by atoms with van der Waals surface area (Å²) in [6.45, 7) is 1.70. The monoisotopic (exact) mass is 303 g/mol. The van der Waals surface area contributed by atoms with E-state index in [0.29, 0.717) is 5.92 Å². The summed E-state index contributed by atoms with van der Waals surface area (Å²) in [5, 5.41) is 5.75. The van der Waals surface area contributed by atoms with Gasteiger partial charge in [0.15, 0.2) is 0 Å². The van der Waals surface area contributed by atoms with Crippen LogP contribution in [0.25, 0.3) is 0 Å². The number of urea groups is 1. The molecule has 1 aliphatic rings. The maximum absolute atomic E-state index is 12.1. The highest BCUT2D eigenvalue weighted by atomic mass is 16.2. The number of hydrogen-bond acceptors (Lipinski definition) is 2. The van der Waals surface area contributed by atoms with Crippen LogP contribution in [-0.2, 0) is 11.2 Å². The molecule has 0 aromatic heterocycles. The van der Waals surface area contributed by atoms with Gasteiger partial charge in [0.25, 0.3) is 0 Å². The van der Waals surface area contributed by atoms with Gasteiger partial charge in [-0.1, -0.05) is 30.3 Å². The molecule has 5 nitrogen and oxygen atoms in total. The maximum atomic E-state index is 12.1. The van der Waals surface area contributed by atoms with Crippen molar-refractivity contribution in [1.29, 1.82) is 0 Å². The Morgan fingerprint density at radius 3 is 2.36 bits per heavy atom. The molecule has 1 aromatic carbocycles. The third-order valence-corrected chi connectivity index (χ3v) is 3.96. The van der Waals surface area contributed by atoms with Crippen molar-refractivity contribution in [2.45, 2.75) is 38.3 Å². The van der Waals surface area contributed by atoms with Gasteiger partial charge in [0, 0.05) is 20.1 Å².